The van der Waals surface area contributed by atoms with Gasteiger partial charge < -0.3 is 10.0 Å². The zero-order valence-electron chi connectivity index (χ0n) is 8.63. The highest BCUT2D eigenvalue weighted by Gasteiger charge is 2.31. The summed E-state index contributed by atoms with van der Waals surface area (Å²) >= 11 is 0. The maximum absolute atomic E-state index is 10.1. The molecule has 0 amide bonds. The van der Waals surface area contributed by atoms with Crippen molar-refractivity contribution in [2.75, 3.05) is 20.1 Å². The van der Waals surface area contributed by atoms with E-state index in [2.05, 4.69) is 18.5 Å². The van der Waals surface area contributed by atoms with E-state index in [1.54, 1.807) is 0 Å². The Bertz CT molecular complexity index is 161. The first-order valence-corrected chi connectivity index (χ1v) is 5.18. The van der Waals surface area contributed by atoms with E-state index in [9.17, 15) is 5.11 Å². The third-order valence-electron chi connectivity index (χ3n) is 2.81. The molecule has 0 aromatic rings. The lowest BCUT2D eigenvalue weighted by Crippen LogP contribution is -2.39. The van der Waals surface area contributed by atoms with Crippen molar-refractivity contribution in [2.24, 2.45) is 0 Å². The Kier molecular flexibility index (Phi) is 3.94. The molecule has 2 nitrogen and oxygen atoms in total. The van der Waals surface area contributed by atoms with Gasteiger partial charge in [-0.2, -0.15) is 0 Å². The highest BCUT2D eigenvalue weighted by Crippen LogP contribution is 2.29. The second kappa shape index (κ2) is 4.77. The zero-order valence-corrected chi connectivity index (χ0v) is 8.63. The van der Waals surface area contributed by atoms with Gasteiger partial charge in [-0.05, 0) is 26.3 Å². The monoisotopic (exact) mass is 183 g/mol. The molecule has 1 rings (SSSR count). The highest BCUT2D eigenvalue weighted by molar-refractivity contribution is 4.87. The molecular formula is C11H21NO. The first-order chi connectivity index (χ1) is 6.16. The van der Waals surface area contributed by atoms with E-state index in [1.807, 2.05) is 6.08 Å². The molecule has 1 saturated carbocycles. The second-order valence-corrected chi connectivity index (χ2v) is 4.25. The smallest absolute Gasteiger partial charge is 0.0774 e. The highest BCUT2D eigenvalue weighted by atomic mass is 16.3. The predicted octanol–water partition coefficient (Wildman–Crippen LogP) is 1.80. The number of aliphatic hydroxyl groups is 1. The summed E-state index contributed by atoms with van der Waals surface area (Å²) in [6, 6.07) is 0. The SMILES string of the molecule is C=CCCN(C)CC1(O)CCCC1. The topological polar surface area (TPSA) is 23.5 Å². The zero-order chi connectivity index (χ0) is 9.73. The first kappa shape index (κ1) is 10.7. The summed E-state index contributed by atoms with van der Waals surface area (Å²) in [6.45, 7) is 5.52. The molecule has 0 heterocycles. The third kappa shape index (κ3) is 3.49. The number of rotatable bonds is 5. The Balaban J connectivity index is 2.25. The van der Waals surface area contributed by atoms with Gasteiger partial charge in [0.25, 0.3) is 0 Å². The quantitative estimate of drug-likeness (QED) is 0.657. The van der Waals surface area contributed by atoms with Gasteiger partial charge >= 0.3 is 0 Å². The van der Waals surface area contributed by atoms with Crippen molar-refractivity contribution in [3.05, 3.63) is 12.7 Å². The molecule has 1 aliphatic carbocycles. The van der Waals surface area contributed by atoms with Crippen LogP contribution in [0, 0.1) is 0 Å². The Labute approximate surface area is 81.2 Å². The molecule has 0 aromatic carbocycles. The number of nitrogens with zero attached hydrogens (tertiary/aromatic N) is 1. The van der Waals surface area contributed by atoms with E-state index in [4.69, 9.17) is 0 Å². The van der Waals surface area contributed by atoms with Crippen LogP contribution in [-0.4, -0.2) is 35.7 Å². The van der Waals surface area contributed by atoms with Crippen LogP contribution in [0.4, 0.5) is 0 Å². The predicted molar refractivity (Wildman–Crippen MR) is 55.7 cm³/mol. The Morgan fingerprint density at radius 1 is 1.46 bits per heavy atom. The largest absolute Gasteiger partial charge is 0.389 e. The molecule has 0 bridgehead atoms. The standard InChI is InChI=1S/C11H21NO/c1-3-4-9-12(2)10-11(13)7-5-6-8-11/h3,13H,1,4-10H2,2H3. The third-order valence-corrected chi connectivity index (χ3v) is 2.81. The van der Waals surface area contributed by atoms with Crippen molar-refractivity contribution in [1.82, 2.24) is 4.90 Å². The van der Waals surface area contributed by atoms with Crippen molar-refractivity contribution in [1.29, 1.82) is 0 Å². The molecule has 0 radical (unpaired) electrons. The van der Waals surface area contributed by atoms with E-state index < -0.39 is 5.60 Å². The second-order valence-electron chi connectivity index (χ2n) is 4.25. The van der Waals surface area contributed by atoms with Gasteiger partial charge in [-0.25, -0.2) is 0 Å². The summed E-state index contributed by atoms with van der Waals surface area (Å²) in [5.41, 5.74) is -0.393. The van der Waals surface area contributed by atoms with Gasteiger partial charge in [0, 0.05) is 13.1 Å². The lowest BCUT2D eigenvalue weighted by atomic mass is 10.0. The molecule has 1 N–H and O–H groups in total. The Morgan fingerprint density at radius 2 is 2.08 bits per heavy atom. The lowest BCUT2D eigenvalue weighted by molar-refractivity contribution is 0.0169. The molecule has 0 aliphatic heterocycles. The van der Waals surface area contributed by atoms with Crippen LogP contribution in [-0.2, 0) is 0 Å². The van der Waals surface area contributed by atoms with Gasteiger partial charge in [0.05, 0.1) is 5.60 Å². The van der Waals surface area contributed by atoms with Gasteiger partial charge in [0.1, 0.15) is 0 Å². The van der Waals surface area contributed by atoms with Gasteiger partial charge in [-0.1, -0.05) is 18.9 Å². The van der Waals surface area contributed by atoms with Gasteiger partial charge in [0.2, 0.25) is 0 Å². The molecule has 1 fully saturated rings. The molecule has 0 aromatic heterocycles. The minimum Gasteiger partial charge on any atom is -0.389 e. The molecule has 0 spiro atoms. The first-order valence-electron chi connectivity index (χ1n) is 5.18. The Hall–Kier alpha value is -0.340. The van der Waals surface area contributed by atoms with Crippen molar-refractivity contribution in [3.8, 4) is 0 Å². The van der Waals surface area contributed by atoms with E-state index in [0.717, 1.165) is 32.4 Å². The van der Waals surface area contributed by atoms with Gasteiger partial charge in [-0.3, -0.25) is 0 Å². The van der Waals surface area contributed by atoms with Crippen LogP contribution in [0.2, 0.25) is 0 Å². The van der Waals surface area contributed by atoms with E-state index >= 15 is 0 Å². The Morgan fingerprint density at radius 3 is 2.62 bits per heavy atom. The molecular weight excluding hydrogens is 162 g/mol. The van der Waals surface area contributed by atoms with Crippen molar-refractivity contribution in [2.45, 2.75) is 37.7 Å². The number of hydrogen-bond acceptors (Lipinski definition) is 2. The van der Waals surface area contributed by atoms with Crippen LogP contribution >= 0.6 is 0 Å². The van der Waals surface area contributed by atoms with E-state index in [0.29, 0.717) is 0 Å². The lowest BCUT2D eigenvalue weighted by Gasteiger charge is -2.28. The summed E-state index contributed by atoms with van der Waals surface area (Å²) < 4.78 is 0. The van der Waals surface area contributed by atoms with Crippen LogP contribution < -0.4 is 0 Å². The summed E-state index contributed by atoms with van der Waals surface area (Å²) in [4.78, 5) is 2.20. The van der Waals surface area contributed by atoms with Crippen LogP contribution in [0.3, 0.4) is 0 Å². The van der Waals surface area contributed by atoms with Crippen molar-refractivity contribution in [3.63, 3.8) is 0 Å². The average molecular weight is 183 g/mol. The van der Waals surface area contributed by atoms with Crippen LogP contribution in [0.15, 0.2) is 12.7 Å². The van der Waals surface area contributed by atoms with E-state index in [-0.39, 0.29) is 0 Å². The number of likely N-dealkylation sites (N-methyl/N-ethyl adjacent to an activating group) is 1. The maximum Gasteiger partial charge on any atom is 0.0774 e. The fourth-order valence-corrected chi connectivity index (χ4v) is 2.08. The summed E-state index contributed by atoms with van der Waals surface area (Å²) in [5.74, 6) is 0. The molecule has 0 unspecified atom stereocenters. The normalized spacial score (nSPS) is 20.8. The number of hydrogen-bond donors (Lipinski definition) is 1. The molecule has 2 heteroatoms. The molecule has 13 heavy (non-hydrogen) atoms. The van der Waals surface area contributed by atoms with E-state index in [1.165, 1.54) is 12.8 Å². The van der Waals surface area contributed by atoms with Crippen LogP contribution in [0.5, 0.6) is 0 Å². The minimum absolute atomic E-state index is 0.393. The molecule has 0 atom stereocenters. The maximum atomic E-state index is 10.1. The molecule has 1 aliphatic rings. The van der Waals surface area contributed by atoms with Gasteiger partial charge in [-0.15, -0.1) is 6.58 Å². The summed E-state index contributed by atoms with van der Waals surface area (Å²) in [6.07, 6.45) is 7.26. The average Bonchev–Trinajstić information content (AvgIpc) is 2.48. The van der Waals surface area contributed by atoms with Crippen LogP contribution in [0.25, 0.3) is 0 Å². The fraction of sp³-hybridized carbons (Fsp3) is 0.818. The summed E-state index contributed by atoms with van der Waals surface area (Å²) in [7, 11) is 2.07. The molecule has 76 valence electrons. The fourth-order valence-electron chi connectivity index (χ4n) is 2.08. The summed E-state index contributed by atoms with van der Waals surface area (Å²) in [5, 5.41) is 10.1. The van der Waals surface area contributed by atoms with Gasteiger partial charge in [0.15, 0.2) is 0 Å². The van der Waals surface area contributed by atoms with Crippen LogP contribution in [0.1, 0.15) is 32.1 Å². The molecule has 0 saturated heterocycles. The minimum atomic E-state index is -0.393. The van der Waals surface area contributed by atoms with Crippen molar-refractivity contribution >= 4 is 0 Å². The van der Waals surface area contributed by atoms with Crippen molar-refractivity contribution < 1.29 is 5.11 Å².